The van der Waals surface area contributed by atoms with Crippen molar-refractivity contribution in [2.45, 2.75) is 56.1 Å². The second-order valence-corrected chi connectivity index (χ2v) is 13.2. The van der Waals surface area contributed by atoms with Crippen molar-refractivity contribution in [3.8, 4) is 11.5 Å². The van der Waals surface area contributed by atoms with Crippen LogP contribution in [0.2, 0.25) is 4.34 Å². The third-order valence-corrected chi connectivity index (χ3v) is 9.78. The fourth-order valence-electron chi connectivity index (χ4n) is 3.74. The Hall–Kier alpha value is -2.27. The maximum absolute atomic E-state index is 13.1. The van der Waals surface area contributed by atoms with Crippen molar-refractivity contribution in [2.75, 3.05) is 20.3 Å². The van der Waals surface area contributed by atoms with Crippen molar-refractivity contribution in [3.63, 3.8) is 0 Å². The van der Waals surface area contributed by atoms with Crippen LogP contribution in [-0.4, -0.2) is 44.7 Å². The van der Waals surface area contributed by atoms with Gasteiger partial charge in [-0.15, -0.1) is 22.3 Å². The molecule has 2 heterocycles. The number of amides is 1. The monoisotopic (exact) mass is 596 g/mol. The van der Waals surface area contributed by atoms with E-state index in [4.69, 9.17) is 21.1 Å². The molecule has 0 atom stereocenters. The summed E-state index contributed by atoms with van der Waals surface area (Å²) in [5, 5.41) is 0.0644. The van der Waals surface area contributed by atoms with Crippen molar-refractivity contribution in [2.24, 2.45) is 4.40 Å². The summed E-state index contributed by atoms with van der Waals surface area (Å²) in [6, 6.07) is 8.32. The molecule has 0 N–H and O–H groups in total. The number of halogens is 1. The number of carbonyl (C=O) groups is 1. The van der Waals surface area contributed by atoms with Crippen LogP contribution in [0.15, 0.2) is 56.5 Å². The lowest BCUT2D eigenvalue weighted by Gasteiger charge is -2.12. The zero-order valence-electron chi connectivity index (χ0n) is 21.7. The van der Waals surface area contributed by atoms with Crippen LogP contribution in [0.1, 0.15) is 57.4 Å². The summed E-state index contributed by atoms with van der Waals surface area (Å²) in [6.45, 7) is 6.59. The second-order valence-electron chi connectivity index (χ2n) is 8.60. The topological polar surface area (TPSA) is 85.3 Å². The Bertz CT molecular complexity index is 1290. The van der Waals surface area contributed by atoms with E-state index in [0.717, 1.165) is 41.5 Å². The zero-order valence-corrected chi connectivity index (χ0v) is 24.9. The fraction of sp³-hybridized carbons (Fsp3) is 0.407. The Kier molecular flexibility index (Phi) is 11.8. The van der Waals surface area contributed by atoms with Gasteiger partial charge in [-0.3, -0.25) is 9.69 Å². The van der Waals surface area contributed by atoms with Crippen molar-refractivity contribution in [1.29, 1.82) is 0 Å². The summed E-state index contributed by atoms with van der Waals surface area (Å²) in [7, 11) is -2.44. The molecule has 7 nitrogen and oxygen atoms in total. The van der Waals surface area contributed by atoms with Crippen LogP contribution in [0.3, 0.4) is 0 Å². The highest BCUT2D eigenvalue weighted by Gasteiger charge is 2.34. The highest BCUT2D eigenvalue weighted by molar-refractivity contribution is 8.19. The van der Waals surface area contributed by atoms with Gasteiger partial charge in [-0.25, -0.2) is 0 Å². The summed E-state index contributed by atoms with van der Waals surface area (Å²) in [6.07, 6.45) is 11.5. The molecule has 3 rings (SSSR count). The van der Waals surface area contributed by atoms with Gasteiger partial charge in [-0.2, -0.15) is 8.42 Å². The first-order valence-corrected chi connectivity index (χ1v) is 16.0. The second kappa shape index (κ2) is 14.8. The highest BCUT2D eigenvalue weighted by atomic mass is 35.5. The van der Waals surface area contributed by atoms with Crippen LogP contribution in [0.4, 0.5) is 0 Å². The van der Waals surface area contributed by atoms with Gasteiger partial charge in [0, 0.05) is 6.54 Å². The van der Waals surface area contributed by atoms with E-state index < -0.39 is 10.0 Å². The van der Waals surface area contributed by atoms with Gasteiger partial charge in [-0.05, 0) is 54.1 Å². The van der Waals surface area contributed by atoms with Crippen molar-refractivity contribution >= 4 is 61.9 Å². The van der Waals surface area contributed by atoms with Gasteiger partial charge in [0.1, 0.15) is 4.21 Å². The van der Waals surface area contributed by atoms with Gasteiger partial charge in [0.2, 0.25) is 0 Å². The lowest BCUT2D eigenvalue weighted by atomic mass is 10.1. The van der Waals surface area contributed by atoms with Crippen LogP contribution in [0, 0.1) is 0 Å². The molecule has 1 aromatic heterocycles. The van der Waals surface area contributed by atoms with Crippen LogP contribution >= 0.6 is 34.7 Å². The predicted octanol–water partition coefficient (Wildman–Crippen LogP) is 7.39. The molecule has 1 fully saturated rings. The van der Waals surface area contributed by atoms with Crippen LogP contribution in [0.25, 0.3) is 6.08 Å². The van der Waals surface area contributed by atoms with E-state index in [2.05, 4.69) is 17.9 Å². The number of ether oxygens (including phenoxy) is 2. The average molecular weight is 597 g/mol. The minimum Gasteiger partial charge on any atom is -0.493 e. The molecule has 38 heavy (non-hydrogen) atoms. The van der Waals surface area contributed by atoms with Crippen LogP contribution < -0.4 is 9.47 Å². The number of hydrogen-bond donors (Lipinski definition) is 0. The number of rotatable bonds is 15. The van der Waals surface area contributed by atoms with Crippen molar-refractivity contribution in [3.05, 3.63) is 57.8 Å². The van der Waals surface area contributed by atoms with E-state index in [-0.39, 0.29) is 21.8 Å². The molecular weight excluding hydrogens is 564 g/mol. The molecule has 0 saturated carbocycles. The van der Waals surface area contributed by atoms with Crippen LogP contribution in [-0.2, 0) is 14.8 Å². The first kappa shape index (κ1) is 30.3. The maximum atomic E-state index is 13.1. The number of carbonyl (C=O) groups excluding carboxylic acids is 1. The normalized spacial score (nSPS) is 16.0. The molecule has 1 saturated heterocycles. The Labute approximate surface area is 238 Å². The van der Waals surface area contributed by atoms with Gasteiger partial charge in [0.05, 0.1) is 23.0 Å². The maximum Gasteiger partial charge on any atom is 0.294 e. The van der Waals surface area contributed by atoms with Gasteiger partial charge < -0.3 is 9.47 Å². The summed E-state index contributed by atoms with van der Waals surface area (Å²) in [4.78, 5) is 14.8. The number of methoxy groups -OCH3 is 1. The Morgan fingerprint density at radius 2 is 1.82 bits per heavy atom. The number of amidine groups is 1. The van der Waals surface area contributed by atoms with Crippen molar-refractivity contribution < 1.29 is 22.7 Å². The molecule has 0 unspecified atom stereocenters. The minimum atomic E-state index is -4.02. The average Bonchev–Trinajstić information content (AvgIpc) is 3.45. The van der Waals surface area contributed by atoms with E-state index >= 15 is 0 Å². The fourth-order valence-corrected chi connectivity index (χ4v) is 7.39. The number of nitrogens with zero attached hydrogens (tertiary/aromatic N) is 2. The molecule has 11 heteroatoms. The quantitative estimate of drug-likeness (QED) is 0.121. The SMILES string of the molecule is C=CCN1C(=O)C(=Cc2ccc(OC)c(OCCCCCCCCC)c2)SC1=NS(=O)(=O)c1ccc(Cl)s1. The number of sulfonamides is 1. The molecule has 2 aromatic rings. The third-order valence-electron chi connectivity index (χ3n) is 5.69. The van der Waals surface area contributed by atoms with Crippen LogP contribution in [0.5, 0.6) is 11.5 Å². The predicted molar refractivity (Wildman–Crippen MR) is 158 cm³/mol. The molecule has 0 aliphatic carbocycles. The number of benzene rings is 1. The summed E-state index contributed by atoms with van der Waals surface area (Å²) < 4.78 is 41.3. The lowest BCUT2D eigenvalue weighted by Crippen LogP contribution is -2.29. The molecule has 0 radical (unpaired) electrons. The number of unbranched alkanes of at least 4 members (excludes halogenated alkanes) is 6. The van der Waals surface area contributed by atoms with E-state index in [1.54, 1.807) is 19.3 Å². The standard InChI is InChI=1S/C27H33ClN2O5S3/c1-4-6-7-8-9-10-11-17-35-22-18-20(12-13-21(22)34-3)19-23-26(31)30(16-5-2)27(36-23)29-38(32,33)25-15-14-24(28)37-25/h5,12-15,18-19H,2,4,6-11,16-17H2,1,3H3. The zero-order chi connectivity index (χ0) is 27.5. The molecule has 0 spiro atoms. The van der Waals surface area contributed by atoms with Gasteiger partial charge in [0.15, 0.2) is 16.7 Å². The Morgan fingerprint density at radius 3 is 2.47 bits per heavy atom. The molecule has 1 amide bonds. The third kappa shape index (κ3) is 8.36. The molecule has 0 bridgehead atoms. The van der Waals surface area contributed by atoms with Crippen molar-refractivity contribution in [1.82, 2.24) is 4.90 Å². The molecule has 1 aromatic carbocycles. The summed E-state index contributed by atoms with van der Waals surface area (Å²) in [5.41, 5.74) is 0.726. The molecule has 1 aliphatic heterocycles. The first-order chi connectivity index (χ1) is 18.3. The highest BCUT2D eigenvalue weighted by Crippen LogP contribution is 2.36. The number of thioether (sulfide) groups is 1. The Balaban J connectivity index is 1.75. The van der Waals surface area contributed by atoms with E-state index in [1.165, 1.54) is 55.2 Å². The number of thiophene rings is 1. The smallest absolute Gasteiger partial charge is 0.294 e. The molecule has 206 valence electrons. The van der Waals surface area contributed by atoms with E-state index in [0.29, 0.717) is 27.3 Å². The minimum absolute atomic E-state index is 0.0111. The van der Waals surface area contributed by atoms with Gasteiger partial charge >= 0.3 is 0 Å². The lowest BCUT2D eigenvalue weighted by molar-refractivity contribution is -0.121. The summed E-state index contributed by atoms with van der Waals surface area (Å²) in [5.74, 6) is 0.850. The van der Waals surface area contributed by atoms with Gasteiger partial charge in [0.25, 0.3) is 15.9 Å². The summed E-state index contributed by atoms with van der Waals surface area (Å²) >= 11 is 7.81. The number of hydrogen-bond acceptors (Lipinski definition) is 7. The van der Waals surface area contributed by atoms with E-state index in [1.807, 2.05) is 12.1 Å². The Morgan fingerprint density at radius 1 is 1.08 bits per heavy atom. The largest absolute Gasteiger partial charge is 0.493 e. The molecule has 1 aliphatic rings. The van der Waals surface area contributed by atoms with Gasteiger partial charge in [-0.1, -0.05) is 69.2 Å². The van der Waals surface area contributed by atoms with E-state index in [9.17, 15) is 13.2 Å². The molecular formula is C27H33ClN2O5S3. The first-order valence-electron chi connectivity index (χ1n) is 12.5.